The Morgan fingerprint density at radius 2 is 1.90 bits per heavy atom. The van der Waals surface area contributed by atoms with Crippen LogP contribution in [0.3, 0.4) is 0 Å². The Labute approximate surface area is 172 Å². The molecule has 0 unspecified atom stereocenters. The fraction of sp³-hybridized carbons (Fsp3) is 0.136. The molecule has 29 heavy (non-hydrogen) atoms. The molecule has 0 aliphatic heterocycles. The molecule has 1 amide bonds. The molecule has 146 valence electrons. The average Bonchev–Trinajstić information content (AvgIpc) is 3.37. The minimum Gasteiger partial charge on any atom is -0.455 e. The van der Waals surface area contributed by atoms with Gasteiger partial charge in [0.2, 0.25) is 0 Å². The Balaban J connectivity index is 1.50. The van der Waals surface area contributed by atoms with E-state index < -0.39 is 5.91 Å². The Bertz CT molecular complexity index is 1170. The van der Waals surface area contributed by atoms with Crippen LogP contribution in [0.1, 0.15) is 21.9 Å². The van der Waals surface area contributed by atoms with E-state index in [1.165, 1.54) is 0 Å². The van der Waals surface area contributed by atoms with Crippen molar-refractivity contribution in [1.29, 1.82) is 0 Å². The summed E-state index contributed by atoms with van der Waals surface area (Å²) in [6.07, 6.45) is 5.56. The molecule has 4 aromatic rings. The lowest BCUT2D eigenvalue weighted by molar-refractivity contribution is 0.0969. The standard InChI is InChI=1S/C22H20N4O2S/c1-25-14-12-23-22(25)29-16-18-10-11-19(28-18)21(27)24-20-9-5-6-13-26(20)15-17-7-3-2-4-8-17/h2-14H,15-16H2,1H3. The molecule has 0 saturated heterocycles. The molecule has 3 heterocycles. The number of thioether (sulfide) groups is 1. The van der Waals surface area contributed by atoms with Crippen LogP contribution in [0.2, 0.25) is 0 Å². The molecule has 1 aromatic carbocycles. The van der Waals surface area contributed by atoms with Gasteiger partial charge in [0, 0.05) is 32.2 Å². The van der Waals surface area contributed by atoms with Crippen molar-refractivity contribution < 1.29 is 9.21 Å². The number of furan rings is 1. The highest BCUT2D eigenvalue weighted by atomic mass is 32.2. The number of carbonyl (C=O) groups is 1. The maximum atomic E-state index is 12.6. The number of imidazole rings is 1. The molecule has 3 aromatic heterocycles. The van der Waals surface area contributed by atoms with Crippen LogP contribution in [0.25, 0.3) is 0 Å². The Kier molecular flexibility index (Phi) is 5.76. The molecule has 0 spiro atoms. The molecule has 0 atom stereocenters. The summed E-state index contributed by atoms with van der Waals surface area (Å²) < 4.78 is 9.58. The molecule has 0 radical (unpaired) electrons. The summed E-state index contributed by atoms with van der Waals surface area (Å²) in [5.41, 5.74) is 1.72. The van der Waals surface area contributed by atoms with Gasteiger partial charge in [-0.2, -0.15) is 4.99 Å². The van der Waals surface area contributed by atoms with Crippen molar-refractivity contribution in [1.82, 2.24) is 14.1 Å². The van der Waals surface area contributed by atoms with Crippen molar-refractivity contribution >= 4 is 17.7 Å². The van der Waals surface area contributed by atoms with Gasteiger partial charge in [-0.1, -0.05) is 48.2 Å². The van der Waals surface area contributed by atoms with Crippen molar-refractivity contribution in [2.24, 2.45) is 12.0 Å². The zero-order valence-electron chi connectivity index (χ0n) is 15.9. The lowest BCUT2D eigenvalue weighted by Gasteiger charge is -2.07. The first kappa shape index (κ1) is 19.0. The average molecular weight is 404 g/mol. The molecule has 0 saturated carbocycles. The first-order valence-corrected chi connectivity index (χ1v) is 10.1. The van der Waals surface area contributed by atoms with Crippen LogP contribution in [0.4, 0.5) is 0 Å². The minimum absolute atomic E-state index is 0.232. The summed E-state index contributed by atoms with van der Waals surface area (Å²) in [4.78, 5) is 21.2. The third kappa shape index (κ3) is 4.75. The fourth-order valence-corrected chi connectivity index (χ4v) is 3.67. The number of amides is 1. The predicted octanol–water partition coefficient (Wildman–Crippen LogP) is 3.90. The van der Waals surface area contributed by atoms with Gasteiger partial charge in [-0.05, 0) is 29.8 Å². The summed E-state index contributed by atoms with van der Waals surface area (Å²) >= 11 is 1.55. The van der Waals surface area contributed by atoms with E-state index in [9.17, 15) is 4.79 Å². The summed E-state index contributed by atoms with van der Waals surface area (Å²) in [5, 5.41) is 0.894. The quantitative estimate of drug-likeness (QED) is 0.457. The largest absolute Gasteiger partial charge is 0.455 e. The lowest BCUT2D eigenvalue weighted by atomic mass is 10.2. The molecule has 0 bridgehead atoms. The number of aryl methyl sites for hydroxylation is 1. The maximum absolute atomic E-state index is 12.6. The van der Waals surface area contributed by atoms with Crippen LogP contribution in [-0.2, 0) is 19.3 Å². The fourth-order valence-electron chi connectivity index (χ4n) is 2.84. The van der Waals surface area contributed by atoms with Crippen LogP contribution < -0.4 is 5.49 Å². The van der Waals surface area contributed by atoms with E-state index in [4.69, 9.17) is 4.42 Å². The Hall–Kier alpha value is -3.32. The van der Waals surface area contributed by atoms with E-state index >= 15 is 0 Å². The number of hydrogen-bond donors (Lipinski definition) is 0. The van der Waals surface area contributed by atoms with Crippen LogP contribution in [0.5, 0.6) is 0 Å². The van der Waals surface area contributed by atoms with Gasteiger partial charge < -0.3 is 13.6 Å². The Morgan fingerprint density at radius 3 is 2.69 bits per heavy atom. The molecule has 6 nitrogen and oxygen atoms in total. The first-order valence-electron chi connectivity index (χ1n) is 9.16. The van der Waals surface area contributed by atoms with Gasteiger partial charge in [-0.15, -0.1) is 0 Å². The molecule has 0 N–H and O–H groups in total. The molecule has 0 aliphatic carbocycles. The summed E-state index contributed by atoms with van der Waals surface area (Å²) in [7, 11) is 1.94. The second-order valence-electron chi connectivity index (χ2n) is 6.46. The van der Waals surface area contributed by atoms with E-state index in [1.54, 1.807) is 24.0 Å². The number of pyridine rings is 1. The first-order chi connectivity index (χ1) is 14.2. The molecule has 7 heteroatoms. The van der Waals surface area contributed by atoms with Gasteiger partial charge in [-0.3, -0.25) is 4.79 Å². The van der Waals surface area contributed by atoms with Crippen LogP contribution >= 0.6 is 11.8 Å². The van der Waals surface area contributed by atoms with Gasteiger partial charge in [0.05, 0.1) is 5.75 Å². The van der Waals surface area contributed by atoms with Gasteiger partial charge in [0.25, 0.3) is 0 Å². The van der Waals surface area contributed by atoms with E-state index in [0.29, 0.717) is 23.5 Å². The highest BCUT2D eigenvalue weighted by Crippen LogP contribution is 2.22. The SMILES string of the molecule is Cn1ccnc1SCc1ccc(C(=O)N=c2ccccn2Cc2ccccc2)o1. The molecule has 0 fully saturated rings. The number of hydrogen-bond acceptors (Lipinski definition) is 4. The molecular weight excluding hydrogens is 384 g/mol. The lowest BCUT2D eigenvalue weighted by Crippen LogP contribution is -2.22. The summed E-state index contributed by atoms with van der Waals surface area (Å²) in [6, 6.07) is 19.1. The maximum Gasteiger partial charge on any atom is 0.314 e. The van der Waals surface area contributed by atoms with Crippen molar-refractivity contribution in [3.05, 3.63) is 102 Å². The number of benzene rings is 1. The Morgan fingerprint density at radius 1 is 1.07 bits per heavy atom. The highest BCUT2D eigenvalue weighted by Gasteiger charge is 2.11. The number of nitrogens with zero attached hydrogens (tertiary/aromatic N) is 4. The van der Waals surface area contributed by atoms with Crippen molar-refractivity contribution in [3.8, 4) is 0 Å². The van der Waals surface area contributed by atoms with Crippen LogP contribution in [-0.4, -0.2) is 20.0 Å². The zero-order valence-corrected chi connectivity index (χ0v) is 16.7. The minimum atomic E-state index is -0.397. The second kappa shape index (κ2) is 8.79. The topological polar surface area (TPSA) is 65.3 Å². The van der Waals surface area contributed by atoms with Crippen molar-refractivity contribution in [3.63, 3.8) is 0 Å². The second-order valence-corrected chi connectivity index (χ2v) is 7.41. The number of carbonyl (C=O) groups excluding carboxylic acids is 1. The smallest absolute Gasteiger partial charge is 0.314 e. The van der Waals surface area contributed by atoms with Gasteiger partial charge in [-0.25, -0.2) is 4.98 Å². The monoisotopic (exact) mass is 404 g/mol. The number of rotatable bonds is 6. The normalized spacial score (nSPS) is 11.7. The van der Waals surface area contributed by atoms with Gasteiger partial charge >= 0.3 is 5.91 Å². The molecule has 0 aliphatic rings. The van der Waals surface area contributed by atoms with Gasteiger partial charge in [0.15, 0.2) is 10.9 Å². The van der Waals surface area contributed by atoms with E-state index in [-0.39, 0.29) is 5.76 Å². The third-order valence-electron chi connectivity index (χ3n) is 4.32. The van der Waals surface area contributed by atoms with Crippen LogP contribution in [0.15, 0.2) is 93.8 Å². The van der Waals surface area contributed by atoms with Crippen molar-refractivity contribution in [2.75, 3.05) is 0 Å². The van der Waals surface area contributed by atoms with Gasteiger partial charge in [0.1, 0.15) is 11.2 Å². The zero-order chi connectivity index (χ0) is 20.1. The summed E-state index contributed by atoms with van der Waals surface area (Å²) in [6.45, 7) is 0.636. The molecular formula is C22H20N4O2S. The highest BCUT2D eigenvalue weighted by molar-refractivity contribution is 7.98. The number of aromatic nitrogens is 3. The summed E-state index contributed by atoms with van der Waals surface area (Å²) in [5.74, 6) is 1.14. The molecule has 4 rings (SSSR count). The van der Waals surface area contributed by atoms with Crippen LogP contribution in [0, 0.1) is 0 Å². The predicted molar refractivity (Wildman–Crippen MR) is 111 cm³/mol. The third-order valence-corrected chi connectivity index (χ3v) is 5.40. The van der Waals surface area contributed by atoms with E-state index in [2.05, 4.69) is 9.98 Å². The van der Waals surface area contributed by atoms with E-state index in [0.717, 1.165) is 10.7 Å². The van der Waals surface area contributed by atoms with E-state index in [1.807, 2.05) is 83.2 Å². The van der Waals surface area contributed by atoms with Crippen molar-refractivity contribution in [2.45, 2.75) is 17.5 Å².